The van der Waals surface area contributed by atoms with Gasteiger partial charge in [-0.3, -0.25) is 14.7 Å². The van der Waals surface area contributed by atoms with Gasteiger partial charge in [0.2, 0.25) is 0 Å². The van der Waals surface area contributed by atoms with Crippen LogP contribution in [0, 0.1) is 0 Å². The molecule has 0 bridgehead atoms. The molecule has 6 nitrogen and oxygen atoms in total. The molecule has 0 radical (unpaired) electrons. The first kappa shape index (κ1) is 19.0. The van der Waals surface area contributed by atoms with E-state index in [4.69, 9.17) is 4.74 Å². The van der Waals surface area contributed by atoms with E-state index in [0.29, 0.717) is 12.6 Å². The van der Waals surface area contributed by atoms with Crippen molar-refractivity contribution in [2.24, 2.45) is 0 Å². The fourth-order valence-electron chi connectivity index (χ4n) is 4.52. The number of nitrogens with zero attached hydrogens (tertiary/aromatic N) is 4. The Labute approximate surface area is 176 Å². The minimum atomic E-state index is -0.0433. The standard InChI is InChI=1S/C24H26N4O2/c29-24-6-4-22(19-7-11-25-12-8-19)26-28(24)17-21-2-1-13-27(21)14-9-18-3-5-23-20(16-18)10-15-30-23/h3-8,11-12,16,21H,1-2,9-10,13-15,17H2. The largest absolute Gasteiger partial charge is 0.493 e. The number of hydrogen-bond donors (Lipinski definition) is 0. The zero-order valence-electron chi connectivity index (χ0n) is 17.0. The minimum absolute atomic E-state index is 0.0433. The number of pyridine rings is 1. The molecule has 0 saturated carbocycles. The monoisotopic (exact) mass is 402 g/mol. The predicted octanol–water partition coefficient (Wildman–Crippen LogP) is 2.95. The normalized spacial score (nSPS) is 18.3. The Kier molecular flexibility index (Phi) is 5.32. The second kappa shape index (κ2) is 8.40. The molecule has 0 amide bonds. The van der Waals surface area contributed by atoms with E-state index in [1.54, 1.807) is 29.2 Å². The summed E-state index contributed by atoms with van der Waals surface area (Å²) in [4.78, 5) is 19.0. The van der Waals surface area contributed by atoms with E-state index < -0.39 is 0 Å². The number of fused-ring (bicyclic) bond motifs is 1. The summed E-state index contributed by atoms with van der Waals surface area (Å²) in [6, 6.07) is 14.2. The van der Waals surface area contributed by atoms with Crippen molar-refractivity contribution in [3.05, 3.63) is 76.3 Å². The summed E-state index contributed by atoms with van der Waals surface area (Å²) in [7, 11) is 0. The van der Waals surface area contributed by atoms with Gasteiger partial charge in [0.1, 0.15) is 5.75 Å². The van der Waals surface area contributed by atoms with Gasteiger partial charge in [-0.1, -0.05) is 12.1 Å². The second-order valence-electron chi connectivity index (χ2n) is 8.10. The molecule has 1 fully saturated rings. The molecule has 4 heterocycles. The summed E-state index contributed by atoms with van der Waals surface area (Å²) in [6.07, 6.45) is 7.79. The molecule has 1 aromatic carbocycles. The molecule has 5 rings (SSSR count). The third-order valence-electron chi connectivity index (χ3n) is 6.17. The molecule has 0 N–H and O–H groups in total. The van der Waals surface area contributed by atoms with Crippen LogP contribution in [0.1, 0.15) is 24.0 Å². The number of hydrogen-bond acceptors (Lipinski definition) is 5. The minimum Gasteiger partial charge on any atom is -0.493 e. The predicted molar refractivity (Wildman–Crippen MR) is 116 cm³/mol. The Morgan fingerprint density at radius 1 is 1.10 bits per heavy atom. The SMILES string of the molecule is O=c1ccc(-c2ccncc2)nn1CC1CCCN1CCc1ccc2c(c1)CCO2. The molecule has 0 spiro atoms. The number of ether oxygens (including phenoxy) is 1. The number of rotatable bonds is 6. The van der Waals surface area contributed by atoms with Crippen molar-refractivity contribution in [2.45, 2.75) is 38.3 Å². The lowest BCUT2D eigenvalue weighted by molar-refractivity contribution is 0.227. The van der Waals surface area contributed by atoms with Gasteiger partial charge in [0.25, 0.3) is 5.56 Å². The lowest BCUT2D eigenvalue weighted by Crippen LogP contribution is -2.38. The smallest absolute Gasteiger partial charge is 0.266 e. The Morgan fingerprint density at radius 3 is 2.90 bits per heavy atom. The van der Waals surface area contributed by atoms with E-state index in [-0.39, 0.29) is 5.56 Å². The van der Waals surface area contributed by atoms with Gasteiger partial charge >= 0.3 is 0 Å². The van der Waals surface area contributed by atoms with Crippen molar-refractivity contribution in [1.82, 2.24) is 19.7 Å². The third kappa shape index (κ3) is 4.00. The molecule has 1 unspecified atom stereocenters. The van der Waals surface area contributed by atoms with Crippen molar-refractivity contribution < 1.29 is 4.74 Å². The average molecular weight is 402 g/mol. The van der Waals surface area contributed by atoms with E-state index in [2.05, 4.69) is 33.2 Å². The summed E-state index contributed by atoms with van der Waals surface area (Å²) in [5.74, 6) is 1.04. The fourth-order valence-corrected chi connectivity index (χ4v) is 4.52. The Bertz CT molecular complexity index is 1080. The van der Waals surface area contributed by atoms with Gasteiger partial charge in [-0.2, -0.15) is 5.10 Å². The van der Waals surface area contributed by atoms with Crippen LogP contribution in [-0.2, 0) is 19.4 Å². The van der Waals surface area contributed by atoms with Crippen LogP contribution in [0.5, 0.6) is 5.75 Å². The molecule has 6 heteroatoms. The van der Waals surface area contributed by atoms with Gasteiger partial charge in [0, 0.05) is 43.0 Å². The average Bonchev–Trinajstić information content (AvgIpc) is 3.43. The lowest BCUT2D eigenvalue weighted by atomic mass is 10.1. The van der Waals surface area contributed by atoms with Crippen molar-refractivity contribution >= 4 is 0 Å². The Hall–Kier alpha value is -2.99. The summed E-state index contributed by atoms with van der Waals surface area (Å²) < 4.78 is 7.24. The van der Waals surface area contributed by atoms with Crippen LogP contribution in [0.2, 0.25) is 0 Å². The maximum Gasteiger partial charge on any atom is 0.266 e. The van der Waals surface area contributed by atoms with Crippen molar-refractivity contribution in [3.63, 3.8) is 0 Å². The maximum atomic E-state index is 12.4. The van der Waals surface area contributed by atoms with Crippen molar-refractivity contribution in [3.8, 4) is 17.0 Å². The summed E-state index contributed by atoms with van der Waals surface area (Å²) >= 11 is 0. The first-order valence-corrected chi connectivity index (χ1v) is 10.7. The van der Waals surface area contributed by atoms with E-state index in [0.717, 1.165) is 56.0 Å². The first-order valence-electron chi connectivity index (χ1n) is 10.7. The second-order valence-corrected chi connectivity index (χ2v) is 8.10. The van der Waals surface area contributed by atoms with Gasteiger partial charge in [-0.05, 0) is 61.2 Å². The molecule has 30 heavy (non-hydrogen) atoms. The maximum absolute atomic E-state index is 12.4. The van der Waals surface area contributed by atoms with Crippen molar-refractivity contribution in [1.29, 1.82) is 0 Å². The van der Waals surface area contributed by atoms with E-state index in [1.165, 1.54) is 17.5 Å². The molecule has 1 atom stereocenters. The highest BCUT2D eigenvalue weighted by Gasteiger charge is 2.25. The van der Waals surface area contributed by atoms with Crippen LogP contribution in [0.25, 0.3) is 11.3 Å². The topological polar surface area (TPSA) is 60.2 Å². The molecule has 1 saturated heterocycles. The van der Waals surface area contributed by atoms with Gasteiger partial charge < -0.3 is 4.74 Å². The summed E-state index contributed by atoms with van der Waals surface area (Å²) in [6.45, 7) is 3.52. The van der Waals surface area contributed by atoms with Gasteiger partial charge in [0.05, 0.1) is 18.8 Å². The summed E-state index contributed by atoms with van der Waals surface area (Å²) in [5.41, 5.74) is 4.43. The third-order valence-corrected chi connectivity index (χ3v) is 6.17. The molecular weight excluding hydrogens is 376 g/mol. The van der Waals surface area contributed by atoms with Crippen LogP contribution < -0.4 is 10.3 Å². The number of aromatic nitrogens is 3. The molecule has 154 valence electrons. The van der Waals surface area contributed by atoms with E-state index in [1.807, 2.05) is 12.1 Å². The highest BCUT2D eigenvalue weighted by atomic mass is 16.5. The molecule has 3 aromatic rings. The van der Waals surface area contributed by atoms with Crippen LogP contribution in [0.3, 0.4) is 0 Å². The highest BCUT2D eigenvalue weighted by Crippen LogP contribution is 2.26. The first-order chi connectivity index (χ1) is 14.8. The van der Waals surface area contributed by atoms with Crippen LogP contribution in [0.15, 0.2) is 59.7 Å². The zero-order valence-corrected chi connectivity index (χ0v) is 17.0. The fraction of sp³-hybridized carbons (Fsp3) is 0.375. The zero-order chi connectivity index (χ0) is 20.3. The molecule has 2 aromatic heterocycles. The van der Waals surface area contributed by atoms with Crippen LogP contribution in [0.4, 0.5) is 0 Å². The Balaban J connectivity index is 1.27. The van der Waals surface area contributed by atoms with E-state index >= 15 is 0 Å². The number of likely N-dealkylation sites (tertiary alicyclic amines) is 1. The highest BCUT2D eigenvalue weighted by molar-refractivity contribution is 5.57. The quantitative estimate of drug-likeness (QED) is 0.634. The molecule has 2 aliphatic heterocycles. The van der Waals surface area contributed by atoms with Crippen LogP contribution in [-0.4, -0.2) is 45.4 Å². The van der Waals surface area contributed by atoms with Gasteiger partial charge in [0.15, 0.2) is 0 Å². The van der Waals surface area contributed by atoms with Gasteiger partial charge in [-0.25, -0.2) is 4.68 Å². The van der Waals surface area contributed by atoms with Crippen LogP contribution >= 0.6 is 0 Å². The van der Waals surface area contributed by atoms with Gasteiger partial charge in [-0.15, -0.1) is 0 Å². The summed E-state index contributed by atoms with van der Waals surface area (Å²) in [5, 5.41) is 4.63. The van der Waals surface area contributed by atoms with Crippen molar-refractivity contribution in [2.75, 3.05) is 19.7 Å². The molecular formula is C24H26N4O2. The Morgan fingerprint density at radius 2 is 2.00 bits per heavy atom. The number of benzene rings is 1. The van der Waals surface area contributed by atoms with E-state index in [9.17, 15) is 4.79 Å². The lowest BCUT2D eigenvalue weighted by Gasteiger charge is -2.25. The molecule has 2 aliphatic rings. The molecule has 0 aliphatic carbocycles.